The van der Waals surface area contributed by atoms with Gasteiger partial charge in [-0.15, -0.1) is 0 Å². The van der Waals surface area contributed by atoms with Gasteiger partial charge in [-0.25, -0.2) is 0 Å². The van der Waals surface area contributed by atoms with Crippen LogP contribution in [-0.4, -0.2) is 23.0 Å². The summed E-state index contributed by atoms with van der Waals surface area (Å²) >= 11 is 0. The molecule has 0 aliphatic rings. The minimum Gasteiger partial charge on any atom is -0.469 e. The number of carbonyl (C=O) groups is 1. The number of benzene rings is 1. The summed E-state index contributed by atoms with van der Waals surface area (Å²) < 4.78 is 5.19. The second-order valence-corrected chi connectivity index (χ2v) is 4.51. The number of likely N-dealkylation sites (N-methyl/N-ethyl adjacent to an activating group) is 1. The zero-order valence-corrected chi connectivity index (χ0v) is 11.0. The van der Waals surface area contributed by atoms with Crippen molar-refractivity contribution in [1.29, 1.82) is 0 Å². The Hall–Kier alpha value is -2.07. The molecule has 1 aromatic carbocycles. The number of aliphatic hydroxyl groups is 1. The van der Waals surface area contributed by atoms with Crippen molar-refractivity contribution in [2.75, 3.05) is 7.05 Å². The Morgan fingerprint density at radius 3 is 2.58 bits per heavy atom. The fourth-order valence-corrected chi connectivity index (χ4v) is 1.90. The third-order valence-electron chi connectivity index (χ3n) is 3.10. The van der Waals surface area contributed by atoms with E-state index >= 15 is 0 Å². The highest BCUT2D eigenvalue weighted by molar-refractivity contribution is 5.81. The van der Waals surface area contributed by atoms with Gasteiger partial charge in [0.2, 0.25) is 0 Å². The first-order valence-corrected chi connectivity index (χ1v) is 6.10. The Balaban J connectivity index is 2.05. The first kappa shape index (κ1) is 13.4. The highest BCUT2D eigenvalue weighted by Gasteiger charge is 2.21. The third-order valence-corrected chi connectivity index (χ3v) is 3.10. The van der Waals surface area contributed by atoms with Gasteiger partial charge in [0.1, 0.15) is 5.76 Å². The predicted molar refractivity (Wildman–Crippen MR) is 71.3 cm³/mol. The molecule has 4 heteroatoms. The molecule has 1 atom stereocenters. The normalized spacial score (nSPS) is 12.2. The van der Waals surface area contributed by atoms with Crippen LogP contribution in [-0.2, 0) is 11.3 Å². The average Bonchev–Trinajstić information content (AvgIpc) is 2.83. The number of hydrogen-bond donors (Lipinski definition) is 1. The molecule has 0 saturated carbocycles. The minimum absolute atomic E-state index is 0.327. The molecular weight excluding hydrogens is 242 g/mol. The molecule has 1 aromatic heterocycles. The number of rotatable bonds is 4. The number of furan rings is 1. The molecular formula is C15H17NO3. The van der Waals surface area contributed by atoms with Crippen LogP contribution in [0.25, 0.3) is 0 Å². The van der Waals surface area contributed by atoms with Crippen molar-refractivity contribution >= 4 is 5.91 Å². The zero-order valence-electron chi connectivity index (χ0n) is 11.0. The molecule has 19 heavy (non-hydrogen) atoms. The molecule has 100 valence electrons. The fraction of sp³-hybridized carbons (Fsp3) is 0.267. The molecule has 0 radical (unpaired) electrons. The number of nitrogens with zero attached hydrogens (tertiary/aromatic N) is 1. The highest BCUT2D eigenvalue weighted by atomic mass is 16.3. The van der Waals surface area contributed by atoms with E-state index in [1.807, 2.05) is 19.1 Å². The maximum absolute atomic E-state index is 12.1. The molecule has 0 bridgehead atoms. The molecule has 2 rings (SSSR count). The topological polar surface area (TPSA) is 53.7 Å². The predicted octanol–water partition coefficient (Wildman–Crippen LogP) is 2.28. The van der Waals surface area contributed by atoms with Crippen LogP contribution in [0.1, 0.15) is 23.0 Å². The molecule has 0 saturated heterocycles. The monoisotopic (exact) mass is 259 g/mol. The maximum atomic E-state index is 12.1. The number of aryl methyl sites for hydroxylation is 1. The van der Waals surface area contributed by atoms with Gasteiger partial charge in [-0.3, -0.25) is 4.79 Å². The fourth-order valence-electron chi connectivity index (χ4n) is 1.90. The average molecular weight is 259 g/mol. The van der Waals surface area contributed by atoms with E-state index in [1.54, 1.807) is 37.6 Å². The molecule has 1 unspecified atom stereocenters. The van der Waals surface area contributed by atoms with Crippen LogP contribution in [0.4, 0.5) is 0 Å². The smallest absolute Gasteiger partial charge is 0.256 e. The van der Waals surface area contributed by atoms with Gasteiger partial charge in [0.25, 0.3) is 5.91 Å². The second-order valence-electron chi connectivity index (χ2n) is 4.51. The van der Waals surface area contributed by atoms with Crippen LogP contribution in [0.5, 0.6) is 0 Å². The van der Waals surface area contributed by atoms with Gasteiger partial charge in [0.05, 0.1) is 6.26 Å². The van der Waals surface area contributed by atoms with Gasteiger partial charge in [0.15, 0.2) is 6.10 Å². The number of amides is 1. The molecule has 2 aromatic rings. The van der Waals surface area contributed by atoms with Gasteiger partial charge < -0.3 is 14.4 Å². The Kier molecular flexibility index (Phi) is 4.02. The first-order chi connectivity index (χ1) is 9.09. The standard InChI is InChI=1S/C15H17NO3/c1-11-13(8-9-19-11)10-16(2)15(18)14(17)12-6-4-3-5-7-12/h3-9,14,17H,10H2,1-2H3. The molecule has 1 N–H and O–H groups in total. The summed E-state index contributed by atoms with van der Waals surface area (Å²) in [5.41, 5.74) is 1.54. The summed E-state index contributed by atoms with van der Waals surface area (Å²) in [5, 5.41) is 10.0. The summed E-state index contributed by atoms with van der Waals surface area (Å²) in [4.78, 5) is 13.6. The summed E-state index contributed by atoms with van der Waals surface area (Å²) in [6.45, 7) is 2.27. The highest BCUT2D eigenvalue weighted by Crippen LogP contribution is 2.17. The van der Waals surface area contributed by atoms with Crippen LogP contribution in [0.3, 0.4) is 0 Å². The van der Waals surface area contributed by atoms with E-state index in [9.17, 15) is 9.90 Å². The van der Waals surface area contributed by atoms with Crippen molar-refractivity contribution in [1.82, 2.24) is 4.90 Å². The molecule has 4 nitrogen and oxygen atoms in total. The van der Waals surface area contributed by atoms with Crippen LogP contribution < -0.4 is 0 Å². The van der Waals surface area contributed by atoms with Crippen molar-refractivity contribution in [3.05, 3.63) is 59.5 Å². The van der Waals surface area contributed by atoms with E-state index in [1.165, 1.54) is 4.90 Å². The van der Waals surface area contributed by atoms with Crippen LogP contribution in [0.2, 0.25) is 0 Å². The van der Waals surface area contributed by atoms with Gasteiger partial charge >= 0.3 is 0 Å². The molecule has 0 fully saturated rings. The second kappa shape index (κ2) is 5.71. The van der Waals surface area contributed by atoms with E-state index in [2.05, 4.69) is 0 Å². The van der Waals surface area contributed by atoms with Gasteiger partial charge in [0, 0.05) is 19.2 Å². The SMILES string of the molecule is Cc1occc1CN(C)C(=O)C(O)c1ccccc1. The first-order valence-electron chi connectivity index (χ1n) is 6.10. The third kappa shape index (κ3) is 3.03. The van der Waals surface area contributed by atoms with Crippen molar-refractivity contribution in [2.45, 2.75) is 19.6 Å². The lowest BCUT2D eigenvalue weighted by molar-refractivity contribution is -0.139. The largest absolute Gasteiger partial charge is 0.469 e. The minimum atomic E-state index is -1.13. The Bertz CT molecular complexity index is 548. The van der Waals surface area contributed by atoms with E-state index in [0.29, 0.717) is 12.1 Å². The van der Waals surface area contributed by atoms with Gasteiger partial charge in [-0.2, -0.15) is 0 Å². The summed E-state index contributed by atoms with van der Waals surface area (Å²) in [6.07, 6.45) is 0.467. The quantitative estimate of drug-likeness (QED) is 0.916. The molecule has 0 aliphatic heterocycles. The molecule has 0 aliphatic carbocycles. The number of carbonyl (C=O) groups excluding carboxylic acids is 1. The maximum Gasteiger partial charge on any atom is 0.256 e. The summed E-state index contributed by atoms with van der Waals surface area (Å²) in [5.74, 6) is 0.459. The lowest BCUT2D eigenvalue weighted by Crippen LogP contribution is -2.31. The van der Waals surface area contributed by atoms with Crippen molar-refractivity contribution in [2.24, 2.45) is 0 Å². The van der Waals surface area contributed by atoms with Gasteiger partial charge in [-0.05, 0) is 18.6 Å². The molecule has 1 heterocycles. The molecule has 1 amide bonds. The zero-order chi connectivity index (χ0) is 13.8. The van der Waals surface area contributed by atoms with E-state index < -0.39 is 6.10 Å². The lowest BCUT2D eigenvalue weighted by Gasteiger charge is -2.20. The van der Waals surface area contributed by atoms with Crippen molar-refractivity contribution < 1.29 is 14.3 Å². The number of hydrogen-bond acceptors (Lipinski definition) is 3. The van der Waals surface area contributed by atoms with Crippen molar-refractivity contribution in [3.8, 4) is 0 Å². The van der Waals surface area contributed by atoms with E-state index in [-0.39, 0.29) is 5.91 Å². The van der Waals surface area contributed by atoms with E-state index in [4.69, 9.17) is 4.42 Å². The van der Waals surface area contributed by atoms with Crippen molar-refractivity contribution in [3.63, 3.8) is 0 Å². The Morgan fingerprint density at radius 1 is 1.32 bits per heavy atom. The van der Waals surface area contributed by atoms with Gasteiger partial charge in [-0.1, -0.05) is 30.3 Å². The van der Waals surface area contributed by atoms with Crippen LogP contribution in [0.15, 0.2) is 47.1 Å². The van der Waals surface area contributed by atoms with Crippen LogP contribution >= 0.6 is 0 Å². The summed E-state index contributed by atoms with van der Waals surface area (Å²) in [6, 6.07) is 10.7. The Labute approximate surface area is 112 Å². The van der Waals surface area contributed by atoms with Crippen LogP contribution in [0, 0.1) is 6.92 Å². The summed E-state index contributed by atoms with van der Waals surface area (Å²) in [7, 11) is 1.67. The van der Waals surface area contributed by atoms with E-state index in [0.717, 1.165) is 11.3 Å². The number of aliphatic hydroxyl groups excluding tert-OH is 1. The molecule has 0 spiro atoms. The Morgan fingerprint density at radius 2 is 2.00 bits per heavy atom. The lowest BCUT2D eigenvalue weighted by atomic mass is 10.1.